The molecule has 5 N–H and O–H groups in total. The molecule has 3 amide bonds. The zero-order valence-electron chi connectivity index (χ0n) is 23.7. The number of nitrogen functional groups attached to an aromatic ring is 1. The van der Waals surface area contributed by atoms with Crippen LogP contribution in [0.15, 0.2) is 22.7 Å². The van der Waals surface area contributed by atoms with E-state index in [2.05, 4.69) is 20.8 Å². The maximum atomic E-state index is 13.3. The van der Waals surface area contributed by atoms with Crippen molar-refractivity contribution in [2.45, 2.75) is 52.1 Å². The first-order chi connectivity index (χ1) is 19.7. The number of alkyl carbamates (subject to hydrolysis) is 1. The van der Waals surface area contributed by atoms with Crippen molar-refractivity contribution < 1.29 is 43.4 Å². The highest BCUT2D eigenvalue weighted by Gasteiger charge is 2.57. The predicted molar refractivity (Wildman–Crippen MR) is 152 cm³/mol. The molecule has 3 heterocycles. The Kier molecular flexibility index (Phi) is 10.4. The molecular weight excluding hydrogens is 592 g/mol. The minimum atomic E-state index is -1.37. The van der Waals surface area contributed by atoms with Gasteiger partial charge in [0.15, 0.2) is 10.8 Å². The first kappa shape index (κ1) is 32.7. The van der Waals surface area contributed by atoms with Gasteiger partial charge in [0.2, 0.25) is 12.7 Å². The molecule has 0 aliphatic carbocycles. The van der Waals surface area contributed by atoms with E-state index in [0.29, 0.717) is 0 Å². The number of β-lactam (4-membered cyclic amide) rings is 1. The van der Waals surface area contributed by atoms with Gasteiger partial charge >= 0.3 is 18.0 Å². The highest BCUT2D eigenvalue weighted by Crippen LogP contribution is 2.43. The Labute approximate surface area is 250 Å². The van der Waals surface area contributed by atoms with Crippen LogP contribution in [0, 0.1) is 10.8 Å². The average molecular weight is 627 g/mol. The molecule has 3 rings (SSSR count). The monoisotopic (exact) mass is 626 g/mol. The van der Waals surface area contributed by atoms with Gasteiger partial charge in [-0.25, -0.2) is 9.78 Å². The van der Waals surface area contributed by atoms with Gasteiger partial charge in [0.25, 0.3) is 5.91 Å². The van der Waals surface area contributed by atoms with Crippen LogP contribution in [0.5, 0.6) is 0 Å². The van der Waals surface area contributed by atoms with Crippen LogP contribution in [-0.4, -0.2) is 93.8 Å². The standard InChI is InChI=1S/C25H34N6O9S2/c1-13(2)27-23(36)38-8-6-7-25(21(35)40-12-39-20(34)24(3,4)5)10-31-18(33)16(19(31)42-11-25)29-17(32)15(30-37)14-9-41-22(26)28-14/h6-7,9,13,16,19,37H,8,10-12H2,1-5H3,(H2,26,28)(H,27,36)(H,29,32)/t16?,19-,25?/m1/s1. The van der Waals surface area contributed by atoms with Crippen LogP contribution in [0.1, 0.15) is 40.3 Å². The van der Waals surface area contributed by atoms with Gasteiger partial charge in [-0.1, -0.05) is 11.2 Å². The first-order valence-electron chi connectivity index (χ1n) is 12.8. The van der Waals surface area contributed by atoms with E-state index in [1.807, 2.05) is 0 Å². The molecule has 0 spiro atoms. The van der Waals surface area contributed by atoms with Crippen molar-refractivity contribution in [1.82, 2.24) is 20.5 Å². The molecule has 2 saturated heterocycles. The number of carbonyl (C=O) groups is 5. The summed E-state index contributed by atoms with van der Waals surface area (Å²) >= 11 is 2.26. The normalized spacial score (nSPS) is 22.3. The number of nitrogens with one attached hydrogen (secondary N) is 2. The lowest BCUT2D eigenvalue weighted by Crippen LogP contribution is -2.74. The topological polar surface area (TPSA) is 212 Å². The molecule has 0 aromatic carbocycles. The Morgan fingerprint density at radius 3 is 2.60 bits per heavy atom. The Bertz CT molecular complexity index is 1280. The highest BCUT2D eigenvalue weighted by molar-refractivity contribution is 8.00. The van der Waals surface area contributed by atoms with Crippen LogP contribution >= 0.6 is 23.1 Å². The van der Waals surface area contributed by atoms with Crippen LogP contribution in [0.2, 0.25) is 0 Å². The van der Waals surface area contributed by atoms with Gasteiger partial charge in [0.05, 0.1) is 5.41 Å². The SMILES string of the molecule is CC(C)NC(=O)OCC=CC1(C(=O)OCOC(=O)C(C)(C)C)CS[C@@H]2C(NC(=O)C(=NO)c3csc(N)n3)C(=O)N2C1. The second kappa shape index (κ2) is 13.4. The molecule has 230 valence electrons. The zero-order valence-corrected chi connectivity index (χ0v) is 25.4. The number of hydrogen-bond acceptors (Lipinski definition) is 14. The number of hydrogen-bond donors (Lipinski definition) is 4. The van der Waals surface area contributed by atoms with Crippen molar-refractivity contribution in [3.8, 4) is 0 Å². The van der Waals surface area contributed by atoms with E-state index in [-0.39, 0.29) is 35.8 Å². The summed E-state index contributed by atoms with van der Waals surface area (Å²) in [5.74, 6) is -2.50. The number of rotatable bonds is 10. The molecule has 0 bridgehead atoms. The largest absolute Gasteiger partial charge is 0.445 e. The summed E-state index contributed by atoms with van der Waals surface area (Å²) in [5.41, 5.74) is 3.07. The smallest absolute Gasteiger partial charge is 0.407 e. The van der Waals surface area contributed by atoms with E-state index in [9.17, 15) is 29.2 Å². The lowest BCUT2D eigenvalue weighted by molar-refractivity contribution is -0.178. The number of aromatic nitrogens is 1. The summed E-state index contributed by atoms with van der Waals surface area (Å²) < 4.78 is 15.4. The number of thioether (sulfide) groups is 1. The number of nitrogens with two attached hydrogens (primary N) is 1. The number of esters is 2. The Balaban J connectivity index is 1.69. The third-order valence-electron chi connectivity index (χ3n) is 6.02. The summed E-state index contributed by atoms with van der Waals surface area (Å²) in [5, 5.41) is 18.6. The van der Waals surface area contributed by atoms with Crippen molar-refractivity contribution >= 4 is 63.8 Å². The maximum Gasteiger partial charge on any atom is 0.407 e. The van der Waals surface area contributed by atoms with Crippen LogP contribution in [0.3, 0.4) is 0 Å². The van der Waals surface area contributed by atoms with Crippen molar-refractivity contribution in [2.75, 3.05) is 31.4 Å². The maximum absolute atomic E-state index is 13.3. The summed E-state index contributed by atoms with van der Waals surface area (Å²) in [4.78, 5) is 68.3. The number of oxime groups is 1. The van der Waals surface area contributed by atoms with Gasteiger partial charge in [-0.15, -0.1) is 23.1 Å². The van der Waals surface area contributed by atoms with E-state index in [0.717, 1.165) is 11.3 Å². The van der Waals surface area contributed by atoms with Crippen molar-refractivity contribution in [3.63, 3.8) is 0 Å². The fourth-order valence-electron chi connectivity index (χ4n) is 3.88. The van der Waals surface area contributed by atoms with E-state index < -0.39 is 64.6 Å². The molecule has 1 aromatic rings. The number of carbonyl (C=O) groups excluding carboxylic acids is 5. The molecule has 42 heavy (non-hydrogen) atoms. The van der Waals surface area contributed by atoms with Crippen LogP contribution < -0.4 is 16.4 Å². The van der Waals surface area contributed by atoms with Gasteiger partial charge in [-0.05, 0) is 40.7 Å². The van der Waals surface area contributed by atoms with Crippen molar-refractivity contribution in [2.24, 2.45) is 16.0 Å². The molecule has 1 aromatic heterocycles. The molecule has 2 aliphatic heterocycles. The average Bonchev–Trinajstić information content (AvgIpc) is 3.34. The molecule has 0 radical (unpaired) electrons. The number of anilines is 1. The molecule has 15 nitrogen and oxygen atoms in total. The van der Waals surface area contributed by atoms with Gasteiger partial charge in [0, 0.05) is 23.7 Å². The number of thiazole rings is 1. The minimum absolute atomic E-state index is 0.0563. The molecule has 2 aliphatic rings. The second-order valence-electron chi connectivity index (χ2n) is 10.8. The van der Waals surface area contributed by atoms with E-state index in [1.165, 1.54) is 34.2 Å². The molecule has 17 heteroatoms. The molecule has 2 fully saturated rings. The lowest BCUT2D eigenvalue weighted by Gasteiger charge is -2.53. The molecule has 2 unspecified atom stereocenters. The Morgan fingerprint density at radius 1 is 1.29 bits per heavy atom. The van der Waals surface area contributed by atoms with Crippen molar-refractivity contribution in [1.29, 1.82) is 0 Å². The predicted octanol–water partition coefficient (Wildman–Crippen LogP) is 1.07. The van der Waals surface area contributed by atoms with E-state index >= 15 is 0 Å². The number of ether oxygens (including phenoxy) is 3. The zero-order chi connectivity index (χ0) is 31.2. The molecule has 0 saturated carbocycles. The minimum Gasteiger partial charge on any atom is -0.445 e. The fourth-order valence-corrected chi connectivity index (χ4v) is 5.93. The molecular formula is C25H34N6O9S2. The quantitative estimate of drug-likeness (QED) is 0.0546. The van der Waals surface area contributed by atoms with E-state index in [1.54, 1.807) is 34.6 Å². The summed E-state index contributed by atoms with van der Waals surface area (Å²) in [6.45, 7) is 7.62. The van der Waals surface area contributed by atoms with Crippen LogP contribution in [0.4, 0.5) is 9.93 Å². The summed E-state index contributed by atoms with van der Waals surface area (Å²) in [6.07, 6.45) is 2.33. The van der Waals surface area contributed by atoms with E-state index in [4.69, 9.17) is 19.9 Å². The third kappa shape index (κ3) is 7.70. The van der Waals surface area contributed by atoms with Crippen molar-refractivity contribution in [3.05, 3.63) is 23.2 Å². The number of amides is 3. The first-order valence-corrected chi connectivity index (χ1v) is 14.7. The Hall–Kier alpha value is -3.86. The third-order valence-corrected chi connectivity index (χ3v) is 8.25. The lowest BCUT2D eigenvalue weighted by atomic mass is 9.86. The fraction of sp³-hybridized carbons (Fsp3) is 0.560. The summed E-state index contributed by atoms with van der Waals surface area (Å²) in [7, 11) is 0. The van der Waals surface area contributed by atoms with Gasteiger partial charge in [0.1, 0.15) is 29.1 Å². The van der Waals surface area contributed by atoms with Gasteiger partial charge in [-0.2, -0.15) is 0 Å². The number of nitrogens with zero attached hydrogens (tertiary/aromatic N) is 3. The molecule has 3 atom stereocenters. The Morgan fingerprint density at radius 2 is 2.00 bits per heavy atom. The van der Waals surface area contributed by atoms with Crippen LogP contribution in [-0.2, 0) is 33.4 Å². The highest BCUT2D eigenvalue weighted by atomic mass is 32.2. The second-order valence-corrected chi connectivity index (χ2v) is 12.8. The number of fused-ring (bicyclic) bond motifs is 1. The van der Waals surface area contributed by atoms with Crippen LogP contribution in [0.25, 0.3) is 0 Å². The van der Waals surface area contributed by atoms with Gasteiger partial charge < -0.3 is 40.7 Å². The summed E-state index contributed by atoms with van der Waals surface area (Å²) in [6, 6.07) is -1.08. The van der Waals surface area contributed by atoms with Gasteiger partial charge in [-0.3, -0.25) is 19.2 Å².